The lowest BCUT2D eigenvalue weighted by Crippen LogP contribution is -2.37. The van der Waals surface area contributed by atoms with Gasteiger partial charge in [-0.3, -0.25) is 0 Å². The summed E-state index contributed by atoms with van der Waals surface area (Å²) in [7, 11) is 0. The van der Waals surface area contributed by atoms with Crippen LogP contribution in [0.15, 0.2) is 18.2 Å². The van der Waals surface area contributed by atoms with Gasteiger partial charge >= 0.3 is 6.98 Å². The summed E-state index contributed by atoms with van der Waals surface area (Å²) >= 11 is 0. The van der Waals surface area contributed by atoms with Gasteiger partial charge in [0.1, 0.15) is 5.82 Å². The van der Waals surface area contributed by atoms with E-state index in [4.69, 9.17) is 4.74 Å². The van der Waals surface area contributed by atoms with Crippen molar-refractivity contribution >= 4 is 12.4 Å². The highest BCUT2D eigenvalue weighted by molar-refractivity contribution is 6.74. The van der Waals surface area contributed by atoms with Crippen LogP contribution in [-0.4, -0.2) is 13.1 Å². The van der Waals surface area contributed by atoms with E-state index in [0.717, 1.165) is 50.3 Å². The van der Waals surface area contributed by atoms with E-state index < -0.39 is 18.3 Å². The van der Waals surface area contributed by atoms with Gasteiger partial charge in [0.15, 0.2) is 0 Å². The van der Waals surface area contributed by atoms with Crippen molar-refractivity contribution in [2.75, 3.05) is 0 Å². The molecule has 0 N–H and O–H groups in total. The van der Waals surface area contributed by atoms with Gasteiger partial charge in [-0.1, -0.05) is 24.9 Å². The quantitative estimate of drug-likeness (QED) is 0.595. The van der Waals surface area contributed by atoms with Crippen molar-refractivity contribution in [3.63, 3.8) is 0 Å². The van der Waals surface area contributed by atoms with Crippen LogP contribution < -0.4 is 10.2 Å². The Morgan fingerprint density at radius 1 is 1.15 bits per heavy atom. The average Bonchev–Trinajstić information content (AvgIpc) is 2.38. The third-order valence-electron chi connectivity index (χ3n) is 3.99. The Hall–Kier alpha value is -1.20. The molecule has 1 nitrogen and oxygen atoms in total. The van der Waals surface area contributed by atoms with Gasteiger partial charge in [0.05, 0.1) is 11.9 Å². The molecule has 1 aliphatic rings. The summed E-state index contributed by atoms with van der Waals surface area (Å²) in [5, 5.41) is 0. The first-order valence-corrected chi connectivity index (χ1v) is 7.06. The molecule has 20 heavy (non-hydrogen) atoms. The molecule has 0 saturated heterocycles. The lowest BCUT2D eigenvalue weighted by molar-refractivity contribution is 0.130. The Kier molecular flexibility index (Phi) is 4.61. The Morgan fingerprint density at radius 3 is 2.35 bits per heavy atom. The molecule has 0 bridgehead atoms. The van der Waals surface area contributed by atoms with Gasteiger partial charge in [0.2, 0.25) is 0 Å². The summed E-state index contributed by atoms with van der Waals surface area (Å²) in [5.41, 5.74) is -0.844. The van der Waals surface area contributed by atoms with Crippen LogP contribution in [0.2, 0.25) is 0 Å². The second-order valence-electron chi connectivity index (χ2n) is 5.43. The number of ether oxygens (including phenoxy) is 1. The van der Waals surface area contributed by atoms with Crippen molar-refractivity contribution in [2.24, 2.45) is 5.92 Å². The van der Waals surface area contributed by atoms with Gasteiger partial charge in [0.25, 0.3) is 0 Å². The zero-order valence-electron chi connectivity index (χ0n) is 11.4. The Morgan fingerprint density at radius 2 is 1.80 bits per heavy atom. The van der Waals surface area contributed by atoms with E-state index in [1.165, 1.54) is 0 Å². The van der Waals surface area contributed by atoms with Crippen LogP contribution in [0.3, 0.4) is 0 Å². The summed E-state index contributed by atoms with van der Waals surface area (Å²) in [6.07, 6.45) is 4.24. The van der Waals surface area contributed by atoms with Crippen molar-refractivity contribution in [1.29, 1.82) is 0 Å². The molecule has 1 aromatic rings. The van der Waals surface area contributed by atoms with E-state index in [0.29, 0.717) is 5.92 Å². The van der Waals surface area contributed by atoms with Gasteiger partial charge in [-0.15, -0.1) is 0 Å². The highest BCUT2D eigenvalue weighted by Crippen LogP contribution is 2.30. The van der Waals surface area contributed by atoms with Crippen molar-refractivity contribution < 1.29 is 22.1 Å². The predicted octanol–water partition coefficient (Wildman–Crippen LogP) is 4.23. The molecule has 112 valence electrons. The molecule has 1 fully saturated rings. The molecule has 0 amide bonds. The van der Waals surface area contributed by atoms with E-state index in [1.807, 2.05) is 0 Å². The highest BCUT2D eigenvalue weighted by atomic mass is 19.4. The molecule has 1 saturated carbocycles. The summed E-state index contributed by atoms with van der Waals surface area (Å²) in [6, 6.07) is 2.43. The number of hydrogen-bond acceptors (Lipinski definition) is 1. The topological polar surface area (TPSA) is 9.23 Å². The second kappa shape index (κ2) is 6.06. The SMILES string of the molecule is CCC1CCC(Oc2cc(F)ccc2[B-](F)(F)F)CC1. The maximum Gasteiger partial charge on any atom is 0.513 e. The molecule has 0 atom stereocenters. The maximum absolute atomic E-state index is 13.2. The first-order valence-electron chi connectivity index (χ1n) is 7.06. The molecule has 1 aliphatic carbocycles. The molecule has 0 radical (unpaired) electrons. The minimum atomic E-state index is -5.19. The lowest BCUT2D eigenvalue weighted by atomic mass is 9.79. The monoisotopic (exact) mass is 289 g/mol. The zero-order chi connectivity index (χ0) is 14.8. The predicted molar refractivity (Wildman–Crippen MR) is 71.8 cm³/mol. The number of benzene rings is 1. The molecular formula is C14H18BF4O-. The Labute approximate surface area is 116 Å². The molecule has 1 aromatic carbocycles. The second-order valence-corrected chi connectivity index (χ2v) is 5.43. The van der Waals surface area contributed by atoms with Gasteiger partial charge in [0, 0.05) is 6.07 Å². The number of hydrogen-bond donors (Lipinski definition) is 0. The fraction of sp³-hybridized carbons (Fsp3) is 0.571. The lowest BCUT2D eigenvalue weighted by Gasteiger charge is -2.30. The first-order chi connectivity index (χ1) is 9.40. The van der Waals surface area contributed by atoms with Crippen LogP contribution in [0, 0.1) is 11.7 Å². The van der Waals surface area contributed by atoms with E-state index in [-0.39, 0.29) is 11.9 Å². The van der Waals surface area contributed by atoms with Crippen molar-refractivity contribution in [2.45, 2.75) is 45.1 Å². The standard InChI is InChI=1S/C14H18BF4O/c1-2-10-3-6-12(7-4-10)20-14-9-11(16)5-8-13(14)15(17,18)19/h5,8-10,12H,2-4,6-7H2,1H3/q-1. The summed E-state index contributed by atoms with van der Waals surface area (Å²) in [4.78, 5) is 0. The minimum absolute atomic E-state index is 0.239. The highest BCUT2D eigenvalue weighted by Gasteiger charge is 2.31. The normalized spacial score (nSPS) is 23.6. The van der Waals surface area contributed by atoms with Gasteiger partial charge in [-0.05, 0) is 37.7 Å². The van der Waals surface area contributed by atoms with E-state index in [1.54, 1.807) is 0 Å². The zero-order valence-corrected chi connectivity index (χ0v) is 11.4. The molecule has 0 spiro atoms. The molecule has 0 aliphatic heterocycles. The summed E-state index contributed by atoms with van der Waals surface area (Å²) in [6.45, 7) is -3.07. The van der Waals surface area contributed by atoms with E-state index >= 15 is 0 Å². The minimum Gasteiger partial charge on any atom is -0.493 e. The number of halogens is 4. The third kappa shape index (κ3) is 3.67. The van der Waals surface area contributed by atoms with Crippen LogP contribution in [0.4, 0.5) is 17.3 Å². The average molecular weight is 289 g/mol. The maximum atomic E-state index is 13.2. The largest absolute Gasteiger partial charge is 0.513 e. The Balaban J connectivity index is 2.11. The van der Waals surface area contributed by atoms with Gasteiger partial charge in [-0.25, -0.2) is 4.39 Å². The first kappa shape index (κ1) is 15.2. The number of rotatable bonds is 4. The molecule has 6 heteroatoms. The van der Waals surface area contributed by atoms with Crippen LogP contribution in [-0.2, 0) is 0 Å². The molecule has 0 heterocycles. The smallest absolute Gasteiger partial charge is 0.493 e. The molecule has 0 unspecified atom stereocenters. The summed E-state index contributed by atoms with van der Waals surface area (Å²) < 4.78 is 57.3. The van der Waals surface area contributed by atoms with Crippen molar-refractivity contribution in [1.82, 2.24) is 0 Å². The van der Waals surface area contributed by atoms with E-state index in [9.17, 15) is 17.3 Å². The summed E-state index contributed by atoms with van der Waals surface area (Å²) in [5.74, 6) is -0.433. The van der Waals surface area contributed by atoms with Gasteiger partial charge in [-0.2, -0.15) is 0 Å². The van der Waals surface area contributed by atoms with Gasteiger partial charge < -0.3 is 17.7 Å². The van der Waals surface area contributed by atoms with Crippen LogP contribution >= 0.6 is 0 Å². The van der Waals surface area contributed by atoms with Crippen LogP contribution in [0.25, 0.3) is 0 Å². The van der Waals surface area contributed by atoms with Crippen molar-refractivity contribution in [3.8, 4) is 5.75 Å². The Bertz CT molecular complexity index is 453. The fourth-order valence-electron chi connectivity index (χ4n) is 2.72. The third-order valence-corrected chi connectivity index (χ3v) is 3.99. The fourth-order valence-corrected chi connectivity index (χ4v) is 2.72. The van der Waals surface area contributed by atoms with Crippen LogP contribution in [0.1, 0.15) is 39.0 Å². The van der Waals surface area contributed by atoms with Crippen molar-refractivity contribution in [3.05, 3.63) is 24.0 Å². The molecular weight excluding hydrogens is 271 g/mol. The molecule has 2 rings (SSSR count). The van der Waals surface area contributed by atoms with Crippen LogP contribution in [0.5, 0.6) is 5.75 Å². The molecule has 0 aromatic heterocycles. The van der Waals surface area contributed by atoms with E-state index in [2.05, 4.69) is 6.92 Å².